The third kappa shape index (κ3) is 5.60. The van der Waals surface area contributed by atoms with Gasteiger partial charge in [-0.1, -0.05) is 30.3 Å². The molecule has 0 atom stereocenters. The van der Waals surface area contributed by atoms with E-state index in [1.807, 2.05) is 13.8 Å². The average molecular weight is 344 g/mol. The van der Waals surface area contributed by atoms with E-state index in [0.29, 0.717) is 23.4 Å². The Bertz CT molecular complexity index is 747. The Morgan fingerprint density at radius 3 is 2.44 bits per heavy atom. The lowest BCUT2D eigenvalue weighted by molar-refractivity contribution is -0.136. The zero-order valence-electron chi connectivity index (χ0n) is 14.2. The maximum Gasteiger partial charge on any atom is 0.313 e. The summed E-state index contributed by atoms with van der Waals surface area (Å²) in [6.45, 7) is 3.90. The van der Waals surface area contributed by atoms with Crippen LogP contribution in [0.3, 0.4) is 0 Å². The van der Waals surface area contributed by atoms with Gasteiger partial charge in [-0.05, 0) is 44.0 Å². The number of rotatable bonds is 6. The van der Waals surface area contributed by atoms with Crippen LogP contribution >= 0.6 is 0 Å². The Balaban J connectivity index is 1.88. The summed E-state index contributed by atoms with van der Waals surface area (Å²) in [6, 6.07) is 13.2. The molecule has 2 rings (SSSR count). The summed E-state index contributed by atoms with van der Waals surface area (Å²) in [5.41, 5.74) is 0.907. The van der Waals surface area contributed by atoms with Gasteiger partial charge in [-0.3, -0.25) is 9.59 Å². The van der Waals surface area contributed by atoms with Gasteiger partial charge in [0.1, 0.15) is 11.6 Å². The zero-order chi connectivity index (χ0) is 18.2. The number of anilines is 1. The Morgan fingerprint density at radius 1 is 1.04 bits per heavy atom. The molecule has 0 bridgehead atoms. The number of hydrogen-bond donors (Lipinski definition) is 2. The van der Waals surface area contributed by atoms with Crippen LogP contribution in [0, 0.1) is 5.82 Å². The van der Waals surface area contributed by atoms with Crippen LogP contribution in [0.5, 0.6) is 5.75 Å². The summed E-state index contributed by atoms with van der Waals surface area (Å²) in [6.07, 6.45) is 0.242. The fourth-order valence-electron chi connectivity index (χ4n) is 2.20. The molecule has 2 aromatic carbocycles. The van der Waals surface area contributed by atoms with Crippen molar-refractivity contribution in [3.63, 3.8) is 0 Å². The molecule has 0 aromatic heterocycles. The summed E-state index contributed by atoms with van der Waals surface area (Å²) < 4.78 is 19.1. The number of para-hydroxylation sites is 2. The lowest BCUT2D eigenvalue weighted by atomic mass is 10.1. The van der Waals surface area contributed by atoms with Crippen LogP contribution in [-0.2, 0) is 16.0 Å². The highest BCUT2D eigenvalue weighted by atomic mass is 19.1. The number of carbonyl (C=O) groups excluding carboxylic acids is 2. The molecule has 2 N–H and O–H groups in total. The number of hydrogen-bond acceptors (Lipinski definition) is 3. The van der Waals surface area contributed by atoms with Crippen molar-refractivity contribution in [1.29, 1.82) is 0 Å². The molecule has 132 valence electrons. The van der Waals surface area contributed by atoms with Gasteiger partial charge in [-0.25, -0.2) is 4.39 Å². The molecule has 0 heterocycles. The van der Waals surface area contributed by atoms with E-state index >= 15 is 0 Å². The summed E-state index contributed by atoms with van der Waals surface area (Å²) in [5.74, 6) is -1.42. The molecular weight excluding hydrogens is 323 g/mol. The summed E-state index contributed by atoms with van der Waals surface area (Å²) >= 11 is 0. The lowest BCUT2D eigenvalue weighted by Crippen LogP contribution is -2.36. The number of amides is 2. The van der Waals surface area contributed by atoms with Crippen molar-refractivity contribution in [2.24, 2.45) is 0 Å². The SMILES string of the molecule is CC(C)Oc1ccccc1NC(=O)C(=O)NCCc1ccccc1F. The number of carbonyl (C=O) groups is 2. The van der Waals surface area contributed by atoms with Gasteiger partial charge in [0.15, 0.2) is 0 Å². The molecule has 0 unspecified atom stereocenters. The van der Waals surface area contributed by atoms with Gasteiger partial charge in [0, 0.05) is 6.54 Å². The Labute approximate surface area is 146 Å². The van der Waals surface area contributed by atoms with E-state index in [2.05, 4.69) is 10.6 Å². The molecule has 0 aliphatic rings. The zero-order valence-corrected chi connectivity index (χ0v) is 14.2. The predicted molar refractivity (Wildman–Crippen MR) is 93.9 cm³/mol. The van der Waals surface area contributed by atoms with Crippen LogP contribution in [0.4, 0.5) is 10.1 Å². The first-order valence-electron chi connectivity index (χ1n) is 8.05. The van der Waals surface area contributed by atoms with Crippen molar-refractivity contribution in [2.45, 2.75) is 26.4 Å². The molecule has 0 fully saturated rings. The largest absolute Gasteiger partial charge is 0.489 e. The minimum atomic E-state index is -0.798. The highest BCUT2D eigenvalue weighted by Crippen LogP contribution is 2.24. The molecular formula is C19H21FN2O3. The first-order chi connectivity index (χ1) is 12.0. The summed E-state index contributed by atoms with van der Waals surface area (Å²) in [5, 5.41) is 5.01. The second kappa shape index (κ2) is 8.82. The van der Waals surface area contributed by atoms with Crippen LogP contribution < -0.4 is 15.4 Å². The summed E-state index contributed by atoms with van der Waals surface area (Å²) in [4.78, 5) is 23.9. The van der Waals surface area contributed by atoms with E-state index in [1.165, 1.54) is 6.07 Å². The second-order valence-electron chi connectivity index (χ2n) is 5.71. The quantitative estimate of drug-likeness (QED) is 0.792. The van der Waals surface area contributed by atoms with Crippen LogP contribution in [0.2, 0.25) is 0 Å². The van der Waals surface area contributed by atoms with Gasteiger partial charge >= 0.3 is 11.8 Å². The van der Waals surface area contributed by atoms with Gasteiger partial charge in [0.25, 0.3) is 0 Å². The van der Waals surface area contributed by atoms with Gasteiger partial charge in [0.05, 0.1) is 11.8 Å². The highest BCUT2D eigenvalue weighted by Gasteiger charge is 2.16. The molecule has 0 radical (unpaired) electrons. The molecule has 25 heavy (non-hydrogen) atoms. The normalized spacial score (nSPS) is 10.4. The molecule has 0 spiro atoms. The van der Waals surface area contributed by atoms with Crippen molar-refractivity contribution in [2.75, 3.05) is 11.9 Å². The number of benzene rings is 2. The predicted octanol–water partition coefficient (Wildman–Crippen LogP) is 2.91. The number of nitrogens with one attached hydrogen (secondary N) is 2. The molecule has 0 aliphatic heterocycles. The molecule has 6 heteroatoms. The fourth-order valence-corrected chi connectivity index (χ4v) is 2.20. The topological polar surface area (TPSA) is 67.4 Å². The average Bonchev–Trinajstić information content (AvgIpc) is 2.57. The first kappa shape index (κ1) is 18.4. The monoisotopic (exact) mass is 344 g/mol. The molecule has 5 nitrogen and oxygen atoms in total. The molecule has 0 saturated heterocycles. The van der Waals surface area contributed by atoms with Gasteiger partial charge in [-0.2, -0.15) is 0 Å². The third-order valence-electron chi connectivity index (χ3n) is 3.34. The van der Waals surface area contributed by atoms with Gasteiger partial charge in [0.2, 0.25) is 0 Å². The smallest absolute Gasteiger partial charge is 0.313 e. The first-order valence-corrected chi connectivity index (χ1v) is 8.05. The number of ether oxygens (including phenoxy) is 1. The molecule has 2 amide bonds. The third-order valence-corrected chi connectivity index (χ3v) is 3.34. The molecule has 0 aliphatic carbocycles. The minimum Gasteiger partial charge on any atom is -0.489 e. The van der Waals surface area contributed by atoms with Crippen molar-refractivity contribution < 1.29 is 18.7 Å². The van der Waals surface area contributed by atoms with Crippen LogP contribution in [0.15, 0.2) is 48.5 Å². The van der Waals surface area contributed by atoms with Crippen molar-refractivity contribution in [3.8, 4) is 5.75 Å². The standard InChI is InChI=1S/C19H21FN2O3/c1-13(2)25-17-10-6-5-9-16(17)22-19(24)18(23)21-12-11-14-7-3-4-8-15(14)20/h3-10,13H,11-12H2,1-2H3,(H,21,23)(H,22,24). The Morgan fingerprint density at radius 2 is 1.72 bits per heavy atom. The van der Waals surface area contributed by atoms with E-state index in [-0.39, 0.29) is 18.5 Å². The van der Waals surface area contributed by atoms with E-state index in [1.54, 1.807) is 42.5 Å². The van der Waals surface area contributed by atoms with Crippen LogP contribution in [0.25, 0.3) is 0 Å². The Hall–Kier alpha value is -2.89. The van der Waals surface area contributed by atoms with Gasteiger partial charge < -0.3 is 15.4 Å². The van der Waals surface area contributed by atoms with E-state index < -0.39 is 11.8 Å². The molecule has 0 saturated carbocycles. The second-order valence-corrected chi connectivity index (χ2v) is 5.71. The highest BCUT2D eigenvalue weighted by molar-refractivity contribution is 6.39. The van der Waals surface area contributed by atoms with E-state index in [0.717, 1.165) is 0 Å². The maximum absolute atomic E-state index is 13.5. The van der Waals surface area contributed by atoms with Crippen molar-refractivity contribution in [3.05, 3.63) is 59.9 Å². The minimum absolute atomic E-state index is 0.0624. The van der Waals surface area contributed by atoms with Crippen molar-refractivity contribution in [1.82, 2.24) is 5.32 Å². The van der Waals surface area contributed by atoms with Crippen LogP contribution in [0.1, 0.15) is 19.4 Å². The van der Waals surface area contributed by atoms with Gasteiger partial charge in [-0.15, -0.1) is 0 Å². The van der Waals surface area contributed by atoms with Crippen LogP contribution in [-0.4, -0.2) is 24.5 Å². The number of halogens is 1. The van der Waals surface area contributed by atoms with Crippen molar-refractivity contribution >= 4 is 17.5 Å². The lowest BCUT2D eigenvalue weighted by Gasteiger charge is -2.14. The summed E-state index contributed by atoms with van der Waals surface area (Å²) in [7, 11) is 0. The van der Waals surface area contributed by atoms with E-state index in [9.17, 15) is 14.0 Å². The fraction of sp³-hybridized carbons (Fsp3) is 0.263. The Kier molecular flexibility index (Phi) is 6.51. The maximum atomic E-state index is 13.5. The molecule has 2 aromatic rings. The van der Waals surface area contributed by atoms with E-state index in [4.69, 9.17) is 4.74 Å².